The molecule has 1 rings (SSSR count). The van der Waals surface area contributed by atoms with Gasteiger partial charge in [-0.25, -0.2) is 0 Å². The zero-order chi connectivity index (χ0) is 12.2. The maximum absolute atomic E-state index is 11.9. The van der Waals surface area contributed by atoms with Crippen LogP contribution in [0.3, 0.4) is 0 Å². The quantitative estimate of drug-likeness (QED) is 0.681. The summed E-state index contributed by atoms with van der Waals surface area (Å²) in [6.45, 7) is 2.93. The molecule has 0 radical (unpaired) electrons. The first-order valence-electron chi connectivity index (χ1n) is 5.91. The molecule has 3 N–H and O–H groups in total. The number of rotatable bonds is 7. The lowest BCUT2D eigenvalue weighted by Gasteiger charge is -2.32. The Bertz CT molecular complexity index is 301. The van der Waals surface area contributed by atoms with E-state index in [9.17, 15) is 8.42 Å². The molecule has 1 unspecified atom stereocenters. The van der Waals surface area contributed by atoms with E-state index in [1.165, 1.54) is 10.7 Å². The van der Waals surface area contributed by atoms with Crippen molar-refractivity contribution in [3.8, 4) is 0 Å². The predicted octanol–water partition coefficient (Wildman–Crippen LogP) is 0.290. The fraction of sp³-hybridized carbons (Fsp3) is 1.00. The van der Waals surface area contributed by atoms with Crippen LogP contribution in [0.25, 0.3) is 0 Å². The van der Waals surface area contributed by atoms with Crippen LogP contribution in [0.15, 0.2) is 0 Å². The zero-order valence-corrected chi connectivity index (χ0v) is 11.0. The molecule has 1 saturated carbocycles. The van der Waals surface area contributed by atoms with E-state index < -0.39 is 10.2 Å². The molecular weight excluding hydrogens is 226 g/mol. The van der Waals surface area contributed by atoms with Crippen LogP contribution in [0.4, 0.5) is 0 Å². The first-order valence-corrected chi connectivity index (χ1v) is 7.35. The third kappa shape index (κ3) is 3.69. The molecule has 0 aromatic carbocycles. The molecule has 0 saturated heterocycles. The Balaban J connectivity index is 2.42. The molecule has 1 atom stereocenters. The van der Waals surface area contributed by atoms with E-state index in [-0.39, 0.29) is 6.04 Å². The van der Waals surface area contributed by atoms with Gasteiger partial charge in [-0.05, 0) is 38.6 Å². The van der Waals surface area contributed by atoms with Gasteiger partial charge in [0.15, 0.2) is 0 Å². The highest BCUT2D eigenvalue weighted by molar-refractivity contribution is 7.87. The number of nitrogens with one attached hydrogen (secondary N) is 1. The normalized spacial score (nSPS) is 19.8. The summed E-state index contributed by atoms with van der Waals surface area (Å²) in [4.78, 5) is 0. The minimum absolute atomic E-state index is 0.0408. The lowest BCUT2D eigenvalue weighted by Crippen LogP contribution is -2.47. The Morgan fingerprint density at radius 3 is 2.56 bits per heavy atom. The molecule has 5 nitrogen and oxygen atoms in total. The minimum atomic E-state index is -3.33. The summed E-state index contributed by atoms with van der Waals surface area (Å²) in [7, 11) is -1.74. The summed E-state index contributed by atoms with van der Waals surface area (Å²) < 4.78 is 27.8. The van der Waals surface area contributed by atoms with Gasteiger partial charge in [0.25, 0.3) is 10.2 Å². The molecule has 0 aromatic heterocycles. The molecule has 96 valence electrons. The van der Waals surface area contributed by atoms with Crippen LogP contribution in [-0.2, 0) is 10.2 Å². The lowest BCUT2D eigenvalue weighted by atomic mass is 9.81. The van der Waals surface area contributed by atoms with Gasteiger partial charge in [0.2, 0.25) is 0 Å². The number of hydrogen-bond acceptors (Lipinski definition) is 3. The van der Waals surface area contributed by atoms with E-state index >= 15 is 0 Å². The summed E-state index contributed by atoms with van der Waals surface area (Å²) in [5.41, 5.74) is 5.36. The van der Waals surface area contributed by atoms with Crippen LogP contribution in [0.5, 0.6) is 0 Å². The van der Waals surface area contributed by atoms with Crippen molar-refractivity contribution < 1.29 is 8.42 Å². The highest BCUT2D eigenvalue weighted by Gasteiger charge is 2.28. The van der Waals surface area contributed by atoms with Crippen LogP contribution in [-0.4, -0.2) is 38.9 Å². The molecule has 0 bridgehead atoms. The van der Waals surface area contributed by atoms with Gasteiger partial charge in [0, 0.05) is 19.6 Å². The van der Waals surface area contributed by atoms with Crippen molar-refractivity contribution in [1.29, 1.82) is 0 Å². The first-order chi connectivity index (χ1) is 7.47. The van der Waals surface area contributed by atoms with Gasteiger partial charge in [-0.3, -0.25) is 0 Å². The van der Waals surface area contributed by atoms with E-state index in [1.807, 2.05) is 6.92 Å². The zero-order valence-electron chi connectivity index (χ0n) is 10.1. The van der Waals surface area contributed by atoms with Gasteiger partial charge >= 0.3 is 0 Å². The third-order valence-electron chi connectivity index (χ3n) is 3.28. The molecular formula is C10H23N3O2S. The second kappa shape index (κ2) is 5.95. The van der Waals surface area contributed by atoms with Crippen molar-refractivity contribution in [3.63, 3.8) is 0 Å². The van der Waals surface area contributed by atoms with Crippen molar-refractivity contribution in [1.82, 2.24) is 9.03 Å². The number of nitrogens with zero attached hydrogens (tertiary/aromatic N) is 1. The van der Waals surface area contributed by atoms with Gasteiger partial charge in [0.1, 0.15) is 0 Å². The highest BCUT2D eigenvalue weighted by Crippen LogP contribution is 2.29. The molecule has 16 heavy (non-hydrogen) atoms. The van der Waals surface area contributed by atoms with Crippen LogP contribution >= 0.6 is 0 Å². The van der Waals surface area contributed by atoms with E-state index in [4.69, 9.17) is 5.73 Å². The molecule has 6 heteroatoms. The van der Waals surface area contributed by atoms with E-state index in [0.29, 0.717) is 25.4 Å². The van der Waals surface area contributed by atoms with Gasteiger partial charge in [-0.1, -0.05) is 6.42 Å². The van der Waals surface area contributed by atoms with Crippen LogP contribution in [0.2, 0.25) is 0 Å². The Morgan fingerprint density at radius 1 is 1.50 bits per heavy atom. The molecule has 0 aromatic rings. The first kappa shape index (κ1) is 13.9. The molecule has 1 aliphatic carbocycles. The summed E-state index contributed by atoms with van der Waals surface area (Å²) >= 11 is 0. The summed E-state index contributed by atoms with van der Waals surface area (Å²) in [6.07, 6.45) is 4.18. The maximum Gasteiger partial charge on any atom is 0.279 e. The SMILES string of the molecule is CC(NS(=O)(=O)N(C)CCCN)C1CCC1. The van der Waals surface area contributed by atoms with Crippen LogP contribution < -0.4 is 10.5 Å². The standard InChI is InChI=1S/C10H23N3O2S/c1-9(10-5-3-6-10)12-16(14,15)13(2)8-4-7-11/h9-10,12H,3-8,11H2,1-2H3. The van der Waals surface area contributed by atoms with E-state index in [2.05, 4.69) is 4.72 Å². The second-order valence-corrected chi connectivity index (χ2v) is 6.38. The van der Waals surface area contributed by atoms with Crippen molar-refractivity contribution in [2.75, 3.05) is 20.1 Å². The fourth-order valence-electron chi connectivity index (χ4n) is 1.80. The predicted molar refractivity (Wildman–Crippen MR) is 65.2 cm³/mol. The monoisotopic (exact) mass is 249 g/mol. The van der Waals surface area contributed by atoms with Gasteiger partial charge in [-0.2, -0.15) is 17.4 Å². The Hall–Kier alpha value is -0.170. The van der Waals surface area contributed by atoms with Crippen LogP contribution in [0, 0.1) is 5.92 Å². The second-order valence-electron chi connectivity index (χ2n) is 4.57. The van der Waals surface area contributed by atoms with Crippen molar-refractivity contribution in [2.45, 2.75) is 38.6 Å². The van der Waals surface area contributed by atoms with Crippen LogP contribution in [0.1, 0.15) is 32.6 Å². The maximum atomic E-state index is 11.9. The molecule has 0 heterocycles. The number of hydrogen-bond donors (Lipinski definition) is 2. The Kier molecular flexibility index (Phi) is 5.17. The Morgan fingerprint density at radius 2 is 2.12 bits per heavy atom. The smallest absolute Gasteiger partial charge is 0.279 e. The van der Waals surface area contributed by atoms with Crippen molar-refractivity contribution in [3.05, 3.63) is 0 Å². The largest absolute Gasteiger partial charge is 0.330 e. The van der Waals surface area contributed by atoms with Crippen molar-refractivity contribution in [2.24, 2.45) is 11.7 Å². The van der Waals surface area contributed by atoms with Gasteiger partial charge in [0.05, 0.1) is 0 Å². The number of nitrogens with two attached hydrogens (primary N) is 1. The average molecular weight is 249 g/mol. The third-order valence-corrected chi connectivity index (χ3v) is 4.95. The summed E-state index contributed by atoms with van der Waals surface area (Å²) in [6, 6.07) is 0.0408. The molecule has 0 aliphatic heterocycles. The summed E-state index contributed by atoms with van der Waals surface area (Å²) in [5.74, 6) is 0.512. The van der Waals surface area contributed by atoms with E-state index in [0.717, 1.165) is 12.8 Å². The molecule has 1 fully saturated rings. The Labute approximate surface area is 98.6 Å². The van der Waals surface area contributed by atoms with Gasteiger partial charge < -0.3 is 5.73 Å². The molecule has 0 spiro atoms. The van der Waals surface area contributed by atoms with Gasteiger partial charge in [-0.15, -0.1) is 0 Å². The van der Waals surface area contributed by atoms with E-state index in [1.54, 1.807) is 7.05 Å². The molecule has 0 amide bonds. The summed E-state index contributed by atoms with van der Waals surface area (Å²) in [5, 5.41) is 0. The topological polar surface area (TPSA) is 75.4 Å². The minimum Gasteiger partial charge on any atom is -0.330 e. The molecule has 1 aliphatic rings. The fourth-order valence-corrected chi connectivity index (χ4v) is 3.01. The highest BCUT2D eigenvalue weighted by atomic mass is 32.2. The van der Waals surface area contributed by atoms with Crippen molar-refractivity contribution >= 4 is 10.2 Å². The average Bonchev–Trinajstić information content (AvgIpc) is 2.09. The lowest BCUT2D eigenvalue weighted by molar-refractivity contribution is 0.257.